The molecule has 33 heavy (non-hydrogen) atoms. The van der Waals surface area contributed by atoms with Crippen LogP contribution in [0.25, 0.3) is 22.9 Å². The number of nitriles is 1. The van der Waals surface area contributed by atoms with Crippen LogP contribution < -0.4 is 5.32 Å². The third kappa shape index (κ3) is 5.20. The van der Waals surface area contributed by atoms with Crippen LogP contribution in [0.1, 0.15) is 24.1 Å². The number of hydrogen-bond acceptors (Lipinski definition) is 4. The van der Waals surface area contributed by atoms with Crippen LogP contribution in [0.4, 0.5) is 10.1 Å². The minimum atomic E-state index is -0.547. The van der Waals surface area contributed by atoms with Gasteiger partial charge in [0.25, 0.3) is 0 Å². The molecular weight excluding hydrogens is 417 g/mol. The van der Waals surface area contributed by atoms with Crippen LogP contribution in [-0.4, -0.2) is 20.9 Å². The number of benzene rings is 3. The Kier molecular flexibility index (Phi) is 6.37. The average molecular weight is 437 g/mol. The summed E-state index contributed by atoms with van der Waals surface area (Å²) >= 11 is 0. The van der Waals surface area contributed by atoms with Crippen molar-refractivity contribution >= 4 is 23.2 Å². The molecule has 1 unspecified atom stereocenters. The van der Waals surface area contributed by atoms with Gasteiger partial charge in [-0.05, 0) is 48.4 Å². The van der Waals surface area contributed by atoms with Crippen molar-refractivity contribution in [3.8, 4) is 17.3 Å². The molecule has 162 valence electrons. The van der Waals surface area contributed by atoms with E-state index in [4.69, 9.17) is 0 Å². The smallest absolute Gasteiger partial charge is 0.249 e. The fraction of sp³-hybridized carbons (Fsp3) is 0.0769. The fourth-order valence-electron chi connectivity index (χ4n) is 3.21. The Labute approximate surface area is 190 Å². The lowest BCUT2D eigenvalue weighted by atomic mass is 10.0. The highest BCUT2D eigenvalue weighted by atomic mass is 19.1. The molecule has 1 heterocycles. The topological polar surface area (TPSA) is 83.6 Å². The number of nitrogens with one attached hydrogen (secondary N) is 1. The zero-order valence-corrected chi connectivity index (χ0v) is 17.8. The molecular formula is C26H20FN5O. The van der Waals surface area contributed by atoms with E-state index in [9.17, 15) is 14.4 Å². The molecule has 0 fully saturated rings. The number of carbonyl (C=O) groups excluding carboxylic acids is 1. The van der Waals surface area contributed by atoms with E-state index in [2.05, 4.69) is 21.7 Å². The fourth-order valence-corrected chi connectivity index (χ4v) is 3.21. The highest BCUT2D eigenvalue weighted by Gasteiger charge is 2.17. The minimum Gasteiger partial charge on any atom is -0.324 e. The Morgan fingerprint density at radius 3 is 2.42 bits per heavy atom. The summed E-state index contributed by atoms with van der Waals surface area (Å²) in [5.41, 5.74) is 4.06. The van der Waals surface area contributed by atoms with E-state index in [0.717, 1.165) is 16.7 Å². The second-order valence-corrected chi connectivity index (χ2v) is 7.41. The van der Waals surface area contributed by atoms with Gasteiger partial charge in [0.2, 0.25) is 5.91 Å². The maximum atomic E-state index is 13.1. The van der Waals surface area contributed by atoms with E-state index in [1.54, 1.807) is 31.3 Å². The summed E-state index contributed by atoms with van der Waals surface area (Å²) in [7, 11) is 0. The van der Waals surface area contributed by atoms with E-state index in [1.165, 1.54) is 16.8 Å². The molecule has 1 atom stereocenters. The van der Waals surface area contributed by atoms with Crippen molar-refractivity contribution in [1.82, 2.24) is 15.0 Å². The summed E-state index contributed by atoms with van der Waals surface area (Å²) in [5.74, 6) is -0.521. The highest BCUT2D eigenvalue weighted by Crippen LogP contribution is 2.23. The average Bonchev–Trinajstić information content (AvgIpc) is 3.34. The third-order valence-corrected chi connectivity index (χ3v) is 5.12. The number of rotatable bonds is 6. The van der Waals surface area contributed by atoms with Crippen molar-refractivity contribution in [3.05, 3.63) is 102 Å². The Balaban J connectivity index is 1.49. The molecule has 0 radical (unpaired) electrons. The minimum absolute atomic E-state index is 0.197. The van der Waals surface area contributed by atoms with Gasteiger partial charge < -0.3 is 5.32 Å². The third-order valence-electron chi connectivity index (χ3n) is 5.12. The number of halogens is 1. The highest BCUT2D eigenvalue weighted by molar-refractivity contribution is 5.93. The number of hydrogen-bond donors (Lipinski definition) is 1. The molecule has 0 aliphatic rings. The zero-order chi connectivity index (χ0) is 23.2. The number of carbonyl (C=O) groups is 1. The van der Waals surface area contributed by atoms with Crippen molar-refractivity contribution < 1.29 is 9.18 Å². The molecule has 4 rings (SSSR count). The molecule has 3 aromatic carbocycles. The van der Waals surface area contributed by atoms with Gasteiger partial charge in [-0.1, -0.05) is 59.8 Å². The van der Waals surface area contributed by atoms with Crippen LogP contribution in [0.3, 0.4) is 0 Å². The molecule has 7 heteroatoms. The summed E-state index contributed by atoms with van der Waals surface area (Å²) < 4.78 is 14.6. The number of para-hydroxylation sites is 1. The molecule has 0 aliphatic heterocycles. The first-order chi connectivity index (χ1) is 16.0. The van der Waals surface area contributed by atoms with Gasteiger partial charge in [-0.2, -0.15) is 5.26 Å². The molecule has 0 spiro atoms. The van der Waals surface area contributed by atoms with Crippen molar-refractivity contribution in [3.63, 3.8) is 0 Å². The first-order valence-electron chi connectivity index (χ1n) is 10.3. The summed E-state index contributed by atoms with van der Waals surface area (Å²) in [6, 6.07) is 24.1. The van der Waals surface area contributed by atoms with E-state index in [0.29, 0.717) is 17.0 Å². The maximum absolute atomic E-state index is 13.1. The summed E-state index contributed by atoms with van der Waals surface area (Å²) in [4.78, 5) is 12.5. The first kappa shape index (κ1) is 21.7. The van der Waals surface area contributed by atoms with Crippen LogP contribution in [0.5, 0.6) is 0 Å². The predicted molar refractivity (Wildman–Crippen MR) is 125 cm³/mol. The Morgan fingerprint density at radius 1 is 1.06 bits per heavy atom. The molecule has 1 amide bonds. The largest absolute Gasteiger partial charge is 0.324 e. The number of amides is 1. The van der Waals surface area contributed by atoms with Gasteiger partial charge in [0, 0.05) is 11.3 Å². The molecule has 4 aromatic rings. The Hall–Kier alpha value is -4.57. The second-order valence-electron chi connectivity index (χ2n) is 7.41. The van der Waals surface area contributed by atoms with Crippen molar-refractivity contribution in [2.75, 3.05) is 5.32 Å². The summed E-state index contributed by atoms with van der Waals surface area (Å²) in [5, 5.41) is 20.7. The molecule has 6 nitrogen and oxygen atoms in total. The van der Waals surface area contributed by atoms with E-state index >= 15 is 0 Å². The van der Waals surface area contributed by atoms with Gasteiger partial charge in [-0.25, -0.2) is 9.07 Å². The van der Waals surface area contributed by atoms with E-state index in [1.807, 2.05) is 54.6 Å². The van der Waals surface area contributed by atoms with Gasteiger partial charge in [-0.15, -0.1) is 5.10 Å². The lowest BCUT2D eigenvalue weighted by Gasteiger charge is -2.11. The lowest BCUT2D eigenvalue weighted by molar-refractivity contribution is -0.119. The van der Waals surface area contributed by atoms with Gasteiger partial charge in [0.05, 0.1) is 17.8 Å². The molecule has 0 saturated heterocycles. The number of anilines is 1. The SMILES string of the molecule is CC(C(=O)Nc1ccccc1)n1cc(-c2ccc(/C(C#N)=C/c3ccc(F)cc3)cc2)nn1. The van der Waals surface area contributed by atoms with Gasteiger partial charge in [-0.3, -0.25) is 4.79 Å². The van der Waals surface area contributed by atoms with E-state index < -0.39 is 6.04 Å². The maximum Gasteiger partial charge on any atom is 0.249 e. The number of allylic oxidation sites excluding steroid dienone is 1. The van der Waals surface area contributed by atoms with Gasteiger partial charge in [0.1, 0.15) is 17.6 Å². The molecule has 0 bridgehead atoms. The van der Waals surface area contributed by atoms with Crippen LogP contribution in [0.15, 0.2) is 85.1 Å². The number of nitrogens with zero attached hydrogens (tertiary/aromatic N) is 4. The molecule has 0 saturated carbocycles. The van der Waals surface area contributed by atoms with E-state index in [-0.39, 0.29) is 11.7 Å². The lowest BCUT2D eigenvalue weighted by Crippen LogP contribution is -2.24. The van der Waals surface area contributed by atoms with Gasteiger partial charge >= 0.3 is 0 Å². The van der Waals surface area contributed by atoms with Crippen LogP contribution in [0, 0.1) is 17.1 Å². The quantitative estimate of drug-likeness (QED) is 0.326. The summed E-state index contributed by atoms with van der Waals surface area (Å²) in [6.07, 6.45) is 3.42. The molecule has 0 aliphatic carbocycles. The monoisotopic (exact) mass is 437 g/mol. The number of aromatic nitrogens is 3. The summed E-state index contributed by atoms with van der Waals surface area (Å²) in [6.45, 7) is 1.75. The standard InChI is InChI=1S/C26H20FN5O/c1-18(26(33)29-24-5-3-2-4-6-24)32-17-25(30-31-32)21-11-9-20(10-12-21)22(16-28)15-19-7-13-23(27)14-8-19/h2-15,17-18H,1H3,(H,29,33)/b22-15+. The molecule has 1 aromatic heterocycles. The Bertz CT molecular complexity index is 1320. The van der Waals surface area contributed by atoms with Crippen molar-refractivity contribution in [1.29, 1.82) is 5.26 Å². The van der Waals surface area contributed by atoms with Crippen molar-refractivity contribution in [2.45, 2.75) is 13.0 Å². The normalized spacial score (nSPS) is 12.1. The molecule has 1 N–H and O–H groups in total. The zero-order valence-electron chi connectivity index (χ0n) is 17.8. The first-order valence-corrected chi connectivity index (χ1v) is 10.3. The van der Waals surface area contributed by atoms with Crippen LogP contribution in [-0.2, 0) is 4.79 Å². The predicted octanol–water partition coefficient (Wildman–Crippen LogP) is 5.35. The van der Waals surface area contributed by atoms with Crippen molar-refractivity contribution in [2.24, 2.45) is 0 Å². The van der Waals surface area contributed by atoms with Crippen LogP contribution >= 0.6 is 0 Å². The van der Waals surface area contributed by atoms with Crippen LogP contribution in [0.2, 0.25) is 0 Å². The Morgan fingerprint density at radius 2 is 1.76 bits per heavy atom. The second kappa shape index (κ2) is 9.71. The van der Waals surface area contributed by atoms with Gasteiger partial charge in [0.15, 0.2) is 0 Å².